The predicted molar refractivity (Wildman–Crippen MR) is 73.2 cm³/mol. The highest BCUT2D eigenvalue weighted by atomic mass is 16.6. The molecule has 1 amide bonds. The number of carbonyl (C=O) groups excluding carboxylic acids is 1. The first-order valence-electron chi connectivity index (χ1n) is 6.89. The highest BCUT2D eigenvalue weighted by Gasteiger charge is 2.61. The fraction of sp³-hybridized carbons (Fsp3) is 0.929. The molecule has 0 aromatic heterocycles. The van der Waals surface area contributed by atoms with Gasteiger partial charge in [-0.3, -0.25) is 4.90 Å². The Labute approximate surface area is 115 Å². The normalized spacial score (nSPS) is 38.4. The maximum absolute atomic E-state index is 12.6. The van der Waals surface area contributed by atoms with E-state index in [2.05, 4.69) is 19.2 Å². The van der Waals surface area contributed by atoms with Gasteiger partial charge in [-0.1, -0.05) is 0 Å². The van der Waals surface area contributed by atoms with Crippen LogP contribution in [-0.4, -0.2) is 54.0 Å². The first kappa shape index (κ1) is 14.6. The van der Waals surface area contributed by atoms with Crippen molar-refractivity contribution >= 4 is 6.09 Å². The molecule has 2 fully saturated rings. The number of rotatable bonds is 1. The van der Waals surface area contributed by atoms with Crippen LogP contribution in [0.4, 0.5) is 4.79 Å². The number of hydrogen-bond acceptors (Lipinski definition) is 4. The number of piperazine rings is 1. The SMILES string of the molecule is COC1CC2(C)CNCC1(C)N2C(=O)OC(C)(C)C. The van der Waals surface area contributed by atoms with Crippen molar-refractivity contribution in [3.05, 3.63) is 0 Å². The molecule has 0 aromatic carbocycles. The highest BCUT2D eigenvalue weighted by molar-refractivity contribution is 5.71. The molecular formula is C14H26N2O3. The molecule has 0 aliphatic carbocycles. The minimum Gasteiger partial charge on any atom is -0.444 e. The summed E-state index contributed by atoms with van der Waals surface area (Å²) in [5.74, 6) is 0. The smallest absolute Gasteiger partial charge is 0.411 e. The second-order valence-corrected chi connectivity index (χ2v) is 7.20. The summed E-state index contributed by atoms with van der Waals surface area (Å²) in [6.45, 7) is 11.4. The number of amides is 1. The molecule has 0 saturated carbocycles. The van der Waals surface area contributed by atoms with Crippen molar-refractivity contribution in [1.82, 2.24) is 10.2 Å². The average molecular weight is 270 g/mol. The van der Waals surface area contributed by atoms with Gasteiger partial charge in [0.05, 0.1) is 17.2 Å². The molecular weight excluding hydrogens is 244 g/mol. The van der Waals surface area contributed by atoms with Crippen molar-refractivity contribution < 1.29 is 14.3 Å². The minimum atomic E-state index is -0.476. The standard InChI is InChI=1S/C14H26N2O3/c1-12(2,3)19-11(17)16-13(4)7-10(18-6)14(16,5)9-15-8-13/h10,15H,7-9H2,1-6H3. The van der Waals surface area contributed by atoms with Crippen LogP contribution in [0.1, 0.15) is 41.0 Å². The Balaban J connectivity index is 2.30. The lowest BCUT2D eigenvalue weighted by molar-refractivity contribution is -0.0458. The highest BCUT2D eigenvalue weighted by Crippen LogP contribution is 2.45. The minimum absolute atomic E-state index is 0.0417. The van der Waals surface area contributed by atoms with E-state index in [1.807, 2.05) is 25.7 Å². The molecule has 2 aliphatic heterocycles. The molecule has 0 spiro atoms. The van der Waals surface area contributed by atoms with Gasteiger partial charge in [0.1, 0.15) is 5.60 Å². The lowest BCUT2D eigenvalue weighted by atomic mass is 9.95. The number of nitrogens with zero attached hydrogens (tertiary/aromatic N) is 1. The maximum atomic E-state index is 12.6. The maximum Gasteiger partial charge on any atom is 0.411 e. The van der Waals surface area contributed by atoms with E-state index in [1.165, 1.54) is 0 Å². The van der Waals surface area contributed by atoms with Crippen molar-refractivity contribution in [2.24, 2.45) is 0 Å². The largest absolute Gasteiger partial charge is 0.444 e. The zero-order chi connectivity index (χ0) is 14.5. The van der Waals surface area contributed by atoms with E-state index in [0.29, 0.717) is 0 Å². The molecule has 3 atom stereocenters. The molecule has 2 rings (SSSR count). The molecule has 5 heteroatoms. The summed E-state index contributed by atoms with van der Waals surface area (Å²) in [6.07, 6.45) is 0.644. The first-order valence-corrected chi connectivity index (χ1v) is 6.89. The lowest BCUT2D eigenvalue weighted by Crippen LogP contribution is -2.68. The van der Waals surface area contributed by atoms with E-state index in [9.17, 15) is 4.79 Å². The van der Waals surface area contributed by atoms with Gasteiger partial charge >= 0.3 is 6.09 Å². The van der Waals surface area contributed by atoms with Gasteiger partial charge in [-0.2, -0.15) is 0 Å². The van der Waals surface area contributed by atoms with Crippen LogP contribution >= 0.6 is 0 Å². The molecule has 2 aliphatic rings. The second kappa shape index (κ2) is 4.35. The average Bonchev–Trinajstić information content (AvgIpc) is 2.35. The van der Waals surface area contributed by atoms with Gasteiger partial charge in [-0.15, -0.1) is 0 Å². The van der Waals surface area contributed by atoms with Crippen LogP contribution in [0, 0.1) is 0 Å². The molecule has 110 valence electrons. The number of methoxy groups -OCH3 is 1. The Bertz CT molecular complexity index is 379. The van der Waals surface area contributed by atoms with Crippen molar-refractivity contribution in [1.29, 1.82) is 0 Å². The van der Waals surface area contributed by atoms with Crippen LogP contribution in [0.15, 0.2) is 0 Å². The van der Waals surface area contributed by atoms with Crippen molar-refractivity contribution in [3.8, 4) is 0 Å². The van der Waals surface area contributed by atoms with Gasteiger partial charge in [0.15, 0.2) is 0 Å². The van der Waals surface area contributed by atoms with E-state index in [1.54, 1.807) is 7.11 Å². The second-order valence-electron chi connectivity index (χ2n) is 7.20. The van der Waals surface area contributed by atoms with Crippen LogP contribution in [0.2, 0.25) is 0 Å². The first-order chi connectivity index (χ1) is 8.62. The zero-order valence-corrected chi connectivity index (χ0v) is 12.9. The van der Waals surface area contributed by atoms with Crippen LogP contribution in [0.5, 0.6) is 0 Å². The van der Waals surface area contributed by atoms with Crippen molar-refractivity contribution in [2.75, 3.05) is 20.2 Å². The molecule has 2 bridgehead atoms. The molecule has 1 N–H and O–H groups in total. The Morgan fingerprint density at radius 2 is 1.95 bits per heavy atom. The van der Waals surface area contributed by atoms with Gasteiger partial charge in [-0.25, -0.2) is 4.79 Å². The van der Waals surface area contributed by atoms with E-state index in [-0.39, 0.29) is 23.3 Å². The summed E-state index contributed by atoms with van der Waals surface area (Å²) >= 11 is 0. The number of ether oxygens (including phenoxy) is 2. The third-order valence-corrected chi connectivity index (χ3v) is 4.22. The Kier molecular flexibility index (Phi) is 3.34. The van der Waals surface area contributed by atoms with Gasteiger partial charge in [0.2, 0.25) is 0 Å². The Hall–Kier alpha value is -0.810. The van der Waals surface area contributed by atoms with Crippen molar-refractivity contribution in [2.45, 2.75) is 63.8 Å². The molecule has 3 unspecified atom stereocenters. The number of carbonyl (C=O) groups is 1. The topological polar surface area (TPSA) is 50.8 Å². The molecule has 0 radical (unpaired) electrons. The predicted octanol–water partition coefficient (Wildman–Crippen LogP) is 1.76. The fourth-order valence-corrected chi connectivity index (χ4v) is 3.47. The number of nitrogens with one attached hydrogen (secondary N) is 1. The summed E-state index contributed by atoms with van der Waals surface area (Å²) in [5.41, 5.74) is -1.06. The van der Waals surface area contributed by atoms with Crippen LogP contribution in [-0.2, 0) is 9.47 Å². The number of hydrogen-bond donors (Lipinski definition) is 1. The van der Waals surface area contributed by atoms with Crippen LogP contribution in [0.3, 0.4) is 0 Å². The van der Waals surface area contributed by atoms with Gasteiger partial charge in [-0.05, 0) is 34.6 Å². The summed E-state index contributed by atoms with van der Waals surface area (Å²) < 4.78 is 11.2. The van der Waals surface area contributed by atoms with Crippen LogP contribution in [0.25, 0.3) is 0 Å². The molecule has 0 aromatic rings. The Morgan fingerprint density at radius 3 is 2.47 bits per heavy atom. The number of fused-ring (bicyclic) bond motifs is 2. The summed E-state index contributed by atoms with van der Waals surface area (Å²) in [7, 11) is 1.72. The monoisotopic (exact) mass is 270 g/mol. The van der Waals surface area contributed by atoms with Gasteiger partial charge in [0, 0.05) is 26.6 Å². The Morgan fingerprint density at radius 1 is 1.32 bits per heavy atom. The van der Waals surface area contributed by atoms with Crippen LogP contribution < -0.4 is 5.32 Å². The lowest BCUT2D eigenvalue weighted by Gasteiger charge is -2.48. The fourth-order valence-electron chi connectivity index (χ4n) is 3.47. The summed E-state index contributed by atoms with van der Waals surface area (Å²) in [6, 6.07) is 0. The quantitative estimate of drug-likeness (QED) is 0.789. The van der Waals surface area contributed by atoms with E-state index < -0.39 is 5.60 Å². The molecule has 19 heavy (non-hydrogen) atoms. The van der Waals surface area contributed by atoms with Crippen molar-refractivity contribution in [3.63, 3.8) is 0 Å². The zero-order valence-electron chi connectivity index (χ0n) is 12.9. The third-order valence-electron chi connectivity index (χ3n) is 4.22. The van der Waals surface area contributed by atoms with E-state index in [4.69, 9.17) is 9.47 Å². The summed E-state index contributed by atoms with van der Waals surface area (Å²) in [4.78, 5) is 14.5. The molecule has 5 nitrogen and oxygen atoms in total. The third kappa shape index (κ3) is 2.34. The summed E-state index contributed by atoms with van der Waals surface area (Å²) in [5, 5.41) is 3.41. The molecule has 2 saturated heterocycles. The van der Waals surface area contributed by atoms with Gasteiger partial charge in [0.25, 0.3) is 0 Å². The van der Waals surface area contributed by atoms with Gasteiger partial charge < -0.3 is 14.8 Å². The molecule has 2 heterocycles. The van der Waals surface area contributed by atoms with E-state index in [0.717, 1.165) is 19.5 Å². The van der Waals surface area contributed by atoms with E-state index >= 15 is 0 Å².